The molecule has 27 heavy (non-hydrogen) atoms. The van der Waals surface area contributed by atoms with Crippen molar-refractivity contribution in [3.8, 4) is 0 Å². The molecule has 0 atom stereocenters. The molecule has 1 fully saturated rings. The first kappa shape index (κ1) is 17.6. The van der Waals surface area contributed by atoms with Crippen molar-refractivity contribution >= 4 is 22.5 Å². The van der Waals surface area contributed by atoms with Gasteiger partial charge >= 0.3 is 0 Å². The summed E-state index contributed by atoms with van der Waals surface area (Å²) in [7, 11) is 0. The zero-order valence-electron chi connectivity index (χ0n) is 15.4. The molecule has 1 aliphatic heterocycles. The molecule has 2 N–H and O–H groups in total. The smallest absolute Gasteiger partial charge is 0.147 e. The molecule has 0 unspecified atom stereocenters. The van der Waals surface area contributed by atoms with Crippen LogP contribution in [0.5, 0.6) is 0 Å². The molecule has 4 rings (SSSR count). The minimum absolute atomic E-state index is 0.222. The van der Waals surface area contributed by atoms with Crippen LogP contribution in [0.1, 0.15) is 11.1 Å². The molecular formula is C20H23FN6. The predicted octanol–water partition coefficient (Wildman–Crippen LogP) is 2.30. The number of anilines is 2. The van der Waals surface area contributed by atoms with E-state index in [2.05, 4.69) is 25.8 Å². The average Bonchev–Trinajstić information content (AvgIpc) is 2.72. The molecular weight excluding hydrogens is 343 g/mol. The first-order chi connectivity index (χ1) is 13.2. The lowest BCUT2D eigenvalue weighted by molar-refractivity contribution is 0.620. The van der Waals surface area contributed by atoms with Crippen molar-refractivity contribution in [3.63, 3.8) is 0 Å². The molecule has 140 valence electrons. The summed E-state index contributed by atoms with van der Waals surface area (Å²) in [6.07, 6.45) is 5.93. The Labute approximate surface area is 157 Å². The fraction of sp³-hybridized carbons (Fsp3) is 0.350. The average molecular weight is 366 g/mol. The van der Waals surface area contributed by atoms with E-state index in [1.54, 1.807) is 31.6 Å². The van der Waals surface area contributed by atoms with Crippen LogP contribution in [0.4, 0.5) is 16.0 Å². The molecule has 2 aromatic heterocycles. The summed E-state index contributed by atoms with van der Waals surface area (Å²) in [6.45, 7) is 5.65. The Morgan fingerprint density at radius 1 is 1.11 bits per heavy atom. The van der Waals surface area contributed by atoms with Crippen LogP contribution >= 0.6 is 0 Å². The van der Waals surface area contributed by atoms with Crippen molar-refractivity contribution in [2.45, 2.75) is 13.3 Å². The van der Waals surface area contributed by atoms with Crippen LogP contribution < -0.4 is 15.5 Å². The summed E-state index contributed by atoms with van der Waals surface area (Å²) in [5.74, 6) is 1.59. The van der Waals surface area contributed by atoms with Gasteiger partial charge in [0.05, 0.1) is 11.7 Å². The second kappa shape index (κ2) is 7.44. The van der Waals surface area contributed by atoms with Crippen molar-refractivity contribution in [1.29, 1.82) is 0 Å². The number of nitrogens with zero attached hydrogens (tertiary/aromatic N) is 5. The number of hydrogen-bond acceptors (Lipinski definition) is 6. The fourth-order valence-corrected chi connectivity index (χ4v) is 3.61. The van der Waals surface area contributed by atoms with Gasteiger partial charge in [0.2, 0.25) is 0 Å². The number of fused-ring (bicyclic) bond motifs is 1. The van der Waals surface area contributed by atoms with Crippen molar-refractivity contribution in [3.05, 3.63) is 53.7 Å². The van der Waals surface area contributed by atoms with Gasteiger partial charge in [-0.15, -0.1) is 0 Å². The maximum atomic E-state index is 14.0. The third-order valence-corrected chi connectivity index (χ3v) is 5.10. The van der Waals surface area contributed by atoms with E-state index in [-0.39, 0.29) is 5.82 Å². The molecule has 1 aliphatic rings. The van der Waals surface area contributed by atoms with Gasteiger partial charge in [0.25, 0.3) is 0 Å². The molecule has 6 nitrogen and oxygen atoms in total. The Balaban J connectivity index is 1.64. The third kappa shape index (κ3) is 3.42. The standard InChI is InChI=1S/C20H23FN6/c1-14-17(21)3-2-15-12-16(4-5-22)20(25-19(14)15)27-10-8-26(9-11-27)18-13-23-6-7-24-18/h2-3,6-7,12-13H,4-5,8-11,22H2,1H3. The Kier molecular flexibility index (Phi) is 4.85. The van der Waals surface area contributed by atoms with Gasteiger partial charge in [0.15, 0.2) is 0 Å². The summed E-state index contributed by atoms with van der Waals surface area (Å²) >= 11 is 0. The Morgan fingerprint density at radius 2 is 1.89 bits per heavy atom. The SMILES string of the molecule is Cc1c(F)ccc2cc(CCN)c(N3CCN(c4cnccn4)CC3)nc12. The van der Waals surface area contributed by atoms with Crippen molar-refractivity contribution in [1.82, 2.24) is 15.0 Å². The van der Waals surface area contributed by atoms with Crippen molar-refractivity contribution in [2.24, 2.45) is 5.73 Å². The summed E-state index contributed by atoms with van der Waals surface area (Å²) in [6, 6.07) is 5.40. The summed E-state index contributed by atoms with van der Waals surface area (Å²) in [5, 5.41) is 0.958. The molecule has 0 bridgehead atoms. The number of hydrogen-bond donors (Lipinski definition) is 1. The number of pyridine rings is 1. The zero-order chi connectivity index (χ0) is 18.8. The Hall–Kier alpha value is -2.80. The van der Waals surface area contributed by atoms with E-state index >= 15 is 0 Å². The fourth-order valence-electron chi connectivity index (χ4n) is 3.61. The minimum atomic E-state index is -0.222. The normalized spacial score (nSPS) is 14.8. The summed E-state index contributed by atoms with van der Waals surface area (Å²) in [4.78, 5) is 17.9. The molecule has 3 aromatic rings. The van der Waals surface area contributed by atoms with Gasteiger partial charge in [-0.3, -0.25) is 4.98 Å². The van der Waals surface area contributed by atoms with E-state index in [1.807, 2.05) is 0 Å². The van der Waals surface area contributed by atoms with Gasteiger partial charge in [-0.1, -0.05) is 0 Å². The molecule has 0 amide bonds. The number of benzene rings is 1. The molecule has 3 heterocycles. The largest absolute Gasteiger partial charge is 0.353 e. The first-order valence-corrected chi connectivity index (χ1v) is 9.22. The predicted molar refractivity (Wildman–Crippen MR) is 106 cm³/mol. The quantitative estimate of drug-likeness (QED) is 0.764. The maximum Gasteiger partial charge on any atom is 0.147 e. The molecule has 7 heteroatoms. The van der Waals surface area contributed by atoms with Crippen molar-refractivity contribution in [2.75, 3.05) is 42.5 Å². The molecule has 1 aromatic carbocycles. The lowest BCUT2D eigenvalue weighted by atomic mass is 10.1. The van der Waals surface area contributed by atoms with E-state index < -0.39 is 0 Å². The van der Waals surface area contributed by atoms with Gasteiger partial charge < -0.3 is 15.5 Å². The second-order valence-corrected chi connectivity index (χ2v) is 6.79. The Bertz CT molecular complexity index is 938. The van der Waals surface area contributed by atoms with Crippen LogP contribution in [0.3, 0.4) is 0 Å². The van der Waals surface area contributed by atoms with Crippen LogP contribution in [-0.4, -0.2) is 47.7 Å². The van der Waals surface area contributed by atoms with Crippen LogP contribution in [0.15, 0.2) is 36.8 Å². The number of aryl methyl sites for hydroxylation is 1. The van der Waals surface area contributed by atoms with E-state index in [4.69, 9.17) is 10.7 Å². The van der Waals surface area contributed by atoms with Gasteiger partial charge in [-0.05, 0) is 43.7 Å². The van der Waals surface area contributed by atoms with E-state index in [1.165, 1.54) is 6.07 Å². The Morgan fingerprint density at radius 3 is 2.59 bits per heavy atom. The molecule has 0 radical (unpaired) electrons. The molecule has 0 spiro atoms. The van der Waals surface area contributed by atoms with Crippen LogP contribution in [0.25, 0.3) is 10.9 Å². The summed E-state index contributed by atoms with van der Waals surface area (Å²) in [5.41, 5.74) is 8.25. The van der Waals surface area contributed by atoms with Gasteiger partial charge in [-0.2, -0.15) is 0 Å². The lowest BCUT2D eigenvalue weighted by Crippen LogP contribution is -2.47. The van der Waals surface area contributed by atoms with Crippen LogP contribution in [-0.2, 0) is 6.42 Å². The van der Waals surface area contributed by atoms with Crippen LogP contribution in [0, 0.1) is 12.7 Å². The van der Waals surface area contributed by atoms with Crippen molar-refractivity contribution < 1.29 is 4.39 Å². The number of rotatable bonds is 4. The van der Waals surface area contributed by atoms with Gasteiger partial charge in [0.1, 0.15) is 17.5 Å². The first-order valence-electron chi connectivity index (χ1n) is 9.22. The topological polar surface area (TPSA) is 71.2 Å². The van der Waals surface area contributed by atoms with Gasteiger partial charge in [0, 0.05) is 49.5 Å². The number of halogens is 1. The number of nitrogens with two attached hydrogens (primary N) is 1. The van der Waals surface area contributed by atoms with Crippen LogP contribution in [0.2, 0.25) is 0 Å². The third-order valence-electron chi connectivity index (χ3n) is 5.10. The van der Waals surface area contributed by atoms with E-state index in [9.17, 15) is 4.39 Å². The highest BCUT2D eigenvalue weighted by molar-refractivity contribution is 5.85. The number of aromatic nitrogens is 3. The second-order valence-electron chi connectivity index (χ2n) is 6.79. The highest BCUT2D eigenvalue weighted by Gasteiger charge is 2.22. The van der Waals surface area contributed by atoms with Gasteiger partial charge in [-0.25, -0.2) is 14.4 Å². The van der Waals surface area contributed by atoms with E-state index in [0.717, 1.165) is 60.7 Å². The highest BCUT2D eigenvalue weighted by Crippen LogP contribution is 2.28. The lowest BCUT2D eigenvalue weighted by Gasteiger charge is -2.36. The summed E-state index contributed by atoms with van der Waals surface area (Å²) < 4.78 is 14.0. The molecule has 0 saturated carbocycles. The molecule has 1 saturated heterocycles. The monoisotopic (exact) mass is 366 g/mol. The zero-order valence-corrected chi connectivity index (χ0v) is 15.4. The highest BCUT2D eigenvalue weighted by atomic mass is 19.1. The maximum absolute atomic E-state index is 14.0. The minimum Gasteiger partial charge on any atom is -0.353 e. The molecule has 0 aliphatic carbocycles. The number of piperazine rings is 1. The van der Waals surface area contributed by atoms with E-state index in [0.29, 0.717) is 12.1 Å².